The van der Waals surface area contributed by atoms with E-state index < -0.39 is 0 Å². The number of nitrogens with two attached hydrogens (primary N) is 1. The smallest absolute Gasteiger partial charge is 0.0105 e. The van der Waals surface area contributed by atoms with Crippen LogP contribution in [-0.2, 0) is 12.8 Å². The summed E-state index contributed by atoms with van der Waals surface area (Å²) >= 11 is 0. The van der Waals surface area contributed by atoms with E-state index >= 15 is 0 Å². The van der Waals surface area contributed by atoms with Crippen LogP contribution in [0.4, 0.5) is 0 Å². The third-order valence-corrected chi connectivity index (χ3v) is 5.61. The molecule has 1 aromatic carbocycles. The van der Waals surface area contributed by atoms with Crippen molar-refractivity contribution in [2.24, 2.45) is 23.5 Å². The maximum absolute atomic E-state index is 6.70. The van der Waals surface area contributed by atoms with Crippen LogP contribution in [0.2, 0.25) is 0 Å². The summed E-state index contributed by atoms with van der Waals surface area (Å²) in [4.78, 5) is 0. The van der Waals surface area contributed by atoms with Gasteiger partial charge in [-0.05, 0) is 48.1 Å². The van der Waals surface area contributed by atoms with Gasteiger partial charge in [0.2, 0.25) is 0 Å². The largest absolute Gasteiger partial charge is 0.327 e. The fourth-order valence-corrected chi connectivity index (χ4v) is 4.46. The summed E-state index contributed by atoms with van der Waals surface area (Å²) in [5.74, 6) is 2.35. The quantitative estimate of drug-likeness (QED) is 0.872. The van der Waals surface area contributed by atoms with Gasteiger partial charge in [-0.1, -0.05) is 56.9 Å². The van der Waals surface area contributed by atoms with Crippen LogP contribution in [0.5, 0.6) is 0 Å². The Balaban J connectivity index is 1.70. The highest BCUT2D eigenvalue weighted by Gasteiger charge is 2.35. The van der Waals surface area contributed by atoms with E-state index in [9.17, 15) is 0 Å². The minimum absolute atomic E-state index is 0.414. The summed E-state index contributed by atoms with van der Waals surface area (Å²) in [6.45, 7) is 2.35. The fraction of sp³-hybridized carbons (Fsp3) is 0.667. The second-order valence-corrected chi connectivity index (χ2v) is 6.63. The SMILES string of the molecule is CCC1CCCCC1C(N)C1Cc2ccccc2C1. The van der Waals surface area contributed by atoms with Crippen molar-refractivity contribution in [2.75, 3.05) is 0 Å². The van der Waals surface area contributed by atoms with Crippen LogP contribution in [0.3, 0.4) is 0 Å². The van der Waals surface area contributed by atoms with Crippen LogP contribution in [0.1, 0.15) is 50.2 Å². The van der Waals surface area contributed by atoms with E-state index in [0.717, 1.165) is 11.8 Å². The minimum Gasteiger partial charge on any atom is -0.327 e. The van der Waals surface area contributed by atoms with Gasteiger partial charge in [0, 0.05) is 6.04 Å². The molecule has 0 bridgehead atoms. The molecule has 1 saturated carbocycles. The molecule has 3 atom stereocenters. The molecule has 1 nitrogen and oxygen atoms in total. The Morgan fingerprint density at radius 3 is 2.37 bits per heavy atom. The zero-order valence-corrected chi connectivity index (χ0v) is 12.1. The van der Waals surface area contributed by atoms with E-state index in [4.69, 9.17) is 5.73 Å². The highest BCUT2D eigenvalue weighted by atomic mass is 14.7. The molecule has 0 saturated heterocycles. The molecule has 0 aromatic heterocycles. The van der Waals surface area contributed by atoms with Crippen LogP contribution < -0.4 is 5.73 Å². The second kappa shape index (κ2) is 5.66. The van der Waals surface area contributed by atoms with Gasteiger partial charge in [-0.2, -0.15) is 0 Å². The van der Waals surface area contributed by atoms with Crippen molar-refractivity contribution >= 4 is 0 Å². The van der Waals surface area contributed by atoms with Crippen molar-refractivity contribution in [2.45, 2.75) is 57.9 Å². The Hall–Kier alpha value is -0.820. The standard InChI is InChI=1S/C18H27N/c1-2-13-7-5-6-10-17(13)18(19)16-11-14-8-3-4-9-15(14)12-16/h3-4,8-9,13,16-18H,2,5-7,10-12,19H2,1H3. The minimum atomic E-state index is 0.414. The van der Waals surface area contributed by atoms with Crippen LogP contribution in [-0.4, -0.2) is 6.04 Å². The van der Waals surface area contributed by atoms with Gasteiger partial charge in [-0.25, -0.2) is 0 Å². The molecule has 1 aromatic rings. The number of hydrogen-bond donors (Lipinski definition) is 1. The first-order valence-corrected chi connectivity index (χ1v) is 8.12. The van der Waals surface area contributed by atoms with Crippen molar-refractivity contribution in [3.05, 3.63) is 35.4 Å². The molecule has 104 valence electrons. The molecule has 3 rings (SSSR count). The number of hydrogen-bond acceptors (Lipinski definition) is 1. The van der Waals surface area contributed by atoms with Gasteiger partial charge >= 0.3 is 0 Å². The van der Waals surface area contributed by atoms with Crippen LogP contribution >= 0.6 is 0 Å². The van der Waals surface area contributed by atoms with E-state index in [1.165, 1.54) is 44.9 Å². The van der Waals surface area contributed by atoms with Gasteiger partial charge in [-0.3, -0.25) is 0 Å². The normalized spacial score (nSPS) is 29.2. The van der Waals surface area contributed by atoms with Crippen LogP contribution in [0.25, 0.3) is 0 Å². The van der Waals surface area contributed by atoms with Gasteiger partial charge in [0.15, 0.2) is 0 Å². The summed E-state index contributed by atoms with van der Waals surface area (Å²) < 4.78 is 0. The predicted molar refractivity (Wildman–Crippen MR) is 81.1 cm³/mol. The molecule has 3 unspecified atom stereocenters. The molecule has 2 N–H and O–H groups in total. The first-order valence-electron chi connectivity index (χ1n) is 8.12. The first-order chi connectivity index (χ1) is 9.29. The molecular formula is C18H27N. The van der Waals surface area contributed by atoms with Crippen molar-refractivity contribution < 1.29 is 0 Å². The number of benzene rings is 1. The summed E-state index contributed by atoms with van der Waals surface area (Å²) in [5.41, 5.74) is 9.80. The Kier molecular flexibility index (Phi) is 3.93. The molecule has 1 fully saturated rings. The maximum Gasteiger partial charge on any atom is 0.0105 e. The Bertz CT molecular complexity index is 400. The molecule has 0 aliphatic heterocycles. The van der Waals surface area contributed by atoms with Crippen LogP contribution in [0.15, 0.2) is 24.3 Å². The van der Waals surface area contributed by atoms with Gasteiger partial charge in [-0.15, -0.1) is 0 Å². The molecule has 0 amide bonds. The highest BCUT2D eigenvalue weighted by molar-refractivity contribution is 5.32. The summed E-state index contributed by atoms with van der Waals surface area (Å²) in [7, 11) is 0. The lowest BCUT2D eigenvalue weighted by atomic mass is 9.70. The van der Waals surface area contributed by atoms with Gasteiger partial charge < -0.3 is 5.73 Å². The monoisotopic (exact) mass is 257 g/mol. The zero-order chi connectivity index (χ0) is 13.2. The third-order valence-electron chi connectivity index (χ3n) is 5.61. The lowest BCUT2D eigenvalue weighted by Crippen LogP contribution is -2.42. The molecule has 0 spiro atoms. The lowest BCUT2D eigenvalue weighted by molar-refractivity contribution is 0.163. The first kappa shape index (κ1) is 13.2. The van der Waals surface area contributed by atoms with Gasteiger partial charge in [0.25, 0.3) is 0 Å². The fourth-order valence-electron chi connectivity index (χ4n) is 4.46. The molecule has 19 heavy (non-hydrogen) atoms. The third kappa shape index (κ3) is 2.58. The second-order valence-electron chi connectivity index (χ2n) is 6.63. The average Bonchev–Trinajstić information content (AvgIpc) is 2.90. The average molecular weight is 257 g/mol. The Morgan fingerprint density at radius 2 is 1.74 bits per heavy atom. The number of fused-ring (bicyclic) bond motifs is 1. The van der Waals surface area contributed by atoms with Crippen molar-refractivity contribution in [3.63, 3.8) is 0 Å². The van der Waals surface area contributed by atoms with E-state index in [2.05, 4.69) is 31.2 Å². The molecule has 1 heteroatoms. The Labute approximate surface area is 117 Å². The lowest BCUT2D eigenvalue weighted by Gasteiger charge is -2.37. The van der Waals surface area contributed by atoms with Crippen LogP contribution in [0, 0.1) is 17.8 Å². The van der Waals surface area contributed by atoms with Gasteiger partial charge in [0.05, 0.1) is 0 Å². The molecule has 2 aliphatic carbocycles. The molecule has 0 heterocycles. The summed E-state index contributed by atoms with van der Waals surface area (Å²) in [6, 6.07) is 9.34. The van der Waals surface area contributed by atoms with Gasteiger partial charge in [0.1, 0.15) is 0 Å². The van der Waals surface area contributed by atoms with E-state index in [1.54, 1.807) is 11.1 Å². The highest BCUT2D eigenvalue weighted by Crippen LogP contribution is 2.39. The molecule has 2 aliphatic rings. The number of rotatable bonds is 3. The summed E-state index contributed by atoms with van der Waals surface area (Å²) in [6.07, 6.45) is 9.34. The molecular weight excluding hydrogens is 230 g/mol. The zero-order valence-electron chi connectivity index (χ0n) is 12.1. The maximum atomic E-state index is 6.70. The Morgan fingerprint density at radius 1 is 1.11 bits per heavy atom. The van der Waals surface area contributed by atoms with Crippen molar-refractivity contribution in [3.8, 4) is 0 Å². The molecule has 0 radical (unpaired) electrons. The van der Waals surface area contributed by atoms with Crippen molar-refractivity contribution in [1.29, 1.82) is 0 Å². The van der Waals surface area contributed by atoms with Crippen molar-refractivity contribution in [1.82, 2.24) is 0 Å². The van der Waals surface area contributed by atoms with E-state index in [1.807, 2.05) is 0 Å². The van der Waals surface area contributed by atoms with E-state index in [0.29, 0.717) is 12.0 Å². The predicted octanol–water partition coefficient (Wildman–Crippen LogP) is 3.95. The van der Waals surface area contributed by atoms with E-state index in [-0.39, 0.29) is 0 Å². The summed E-state index contributed by atoms with van der Waals surface area (Å²) in [5, 5.41) is 0. The topological polar surface area (TPSA) is 26.0 Å².